The largest absolute Gasteiger partial charge is 0.497 e. The van der Waals surface area contributed by atoms with E-state index in [2.05, 4.69) is 10.3 Å². The van der Waals surface area contributed by atoms with Gasteiger partial charge in [0.1, 0.15) is 11.3 Å². The molecule has 0 bridgehead atoms. The minimum atomic E-state index is -0.433. The van der Waals surface area contributed by atoms with Crippen LogP contribution in [0.4, 0.5) is 11.4 Å². The molecule has 158 valence electrons. The van der Waals surface area contributed by atoms with Gasteiger partial charge in [0.2, 0.25) is 0 Å². The van der Waals surface area contributed by atoms with E-state index in [0.29, 0.717) is 33.6 Å². The van der Waals surface area contributed by atoms with Crippen molar-refractivity contribution >= 4 is 40.3 Å². The van der Waals surface area contributed by atoms with Gasteiger partial charge in [-0.15, -0.1) is 0 Å². The third-order valence-corrected chi connectivity index (χ3v) is 4.86. The van der Waals surface area contributed by atoms with Gasteiger partial charge in [0.15, 0.2) is 0 Å². The number of amides is 1. The molecule has 0 aliphatic heterocycles. The van der Waals surface area contributed by atoms with Crippen LogP contribution in [0.3, 0.4) is 0 Å². The maximum atomic E-state index is 12.5. The molecule has 7 nitrogen and oxygen atoms in total. The third kappa shape index (κ3) is 4.62. The molecule has 1 aromatic heterocycles. The summed E-state index contributed by atoms with van der Waals surface area (Å²) in [5, 5.41) is 14.9. The number of nitrogens with zero attached hydrogens (tertiary/aromatic N) is 2. The highest BCUT2D eigenvalue weighted by atomic mass is 16.6. The van der Waals surface area contributed by atoms with Crippen LogP contribution in [0.25, 0.3) is 23.1 Å². The van der Waals surface area contributed by atoms with Gasteiger partial charge < -0.3 is 10.1 Å². The minimum absolute atomic E-state index is 0.0269. The number of rotatable bonds is 6. The Labute approximate surface area is 184 Å². The van der Waals surface area contributed by atoms with Crippen LogP contribution in [-0.4, -0.2) is 22.9 Å². The first-order valence-electron chi connectivity index (χ1n) is 9.81. The second-order valence-corrected chi connectivity index (χ2v) is 6.98. The number of nitro benzene ring substituents is 1. The van der Waals surface area contributed by atoms with E-state index in [1.54, 1.807) is 67.8 Å². The fraction of sp³-hybridized carbons (Fsp3) is 0.0400. The number of nitro groups is 1. The van der Waals surface area contributed by atoms with Gasteiger partial charge in [-0.25, -0.2) is 4.98 Å². The van der Waals surface area contributed by atoms with Crippen molar-refractivity contribution in [2.45, 2.75) is 0 Å². The molecule has 0 radical (unpaired) electrons. The van der Waals surface area contributed by atoms with Gasteiger partial charge in [-0.05, 0) is 54.1 Å². The summed E-state index contributed by atoms with van der Waals surface area (Å²) in [4.78, 5) is 27.7. The Morgan fingerprint density at radius 3 is 2.53 bits per heavy atom. The summed E-state index contributed by atoms with van der Waals surface area (Å²) in [7, 11) is 1.57. The predicted octanol–water partition coefficient (Wildman–Crippen LogP) is 5.57. The molecule has 0 fully saturated rings. The highest BCUT2D eigenvalue weighted by Gasteiger charge is 2.12. The predicted molar refractivity (Wildman–Crippen MR) is 125 cm³/mol. The molecule has 0 saturated heterocycles. The number of ether oxygens (including phenoxy) is 1. The van der Waals surface area contributed by atoms with Crippen molar-refractivity contribution in [3.63, 3.8) is 0 Å². The van der Waals surface area contributed by atoms with Crippen LogP contribution in [0.5, 0.6) is 5.75 Å². The van der Waals surface area contributed by atoms with Crippen LogP contribution in [-0.2, 0) is 0 Å². The quantitative estimate of drug-likeness (QED) is 0.322. The number of aromatic nitrogens is 1. The van der Waals surface area contributed by atoms with Gasteiger partial charge in [0.05, 0.1) is 17.7 Å². The number of nitrogens with one attached hydrogen (secondary N) is 1. The first-order valence-corrected chi connectivity index (χ1v) is 9.81. The van der Waals surface area contributed by atoms with Crippen molar-refractivity contribution in [2.75, 3.05) is 12.4 Å². The summed E-state index contributed by atoms with van der Waals surface area (Å²) in [6, 6.07) is 22.7. The summed E-state index contributed by atoms with van der Waals surface area (Å²) < 4.78 is 5.11. The summed E-state index contributed by atoms with van der Waals surface area (Å²) in [6.45, 7) is 0. The van der Waals surface area contributed by atoms with Gasteiger partial charge in [0.25, 0.3) is 11.6 Å². The Balaban J connectivity index is 1.53. The SMILES string of the molecule is COc1ccc(C(=O)Nc2cccc(/C=C/c3ccc4cccc([N+](=O)[O-])c4n3)c2)cc1. The lowest BCUT2D eigenvalue weighted by molar-refractivity contribution is -0.383. The van der Waals surface area contributed by atoms with E-state index in [1.807, 2.05) is 24.3 Å². The van der Waals surface area contributed by atoms with Crippen molar-refractivity contribution in [1.82, 2.24) is 4.98 Å². The normalized spacial score (nSPS) is 10.9. The van der Waals surface area contributed by atoms with Crippen LogP contribution >= 0.6 is 0 Å². The lowest BCUT2D eigenvalue weighted by Gasteiger charge is -2.07. The topological polar surface area (TPSA) is 94.4 Å². The molecule has 1 N–H and O–H groups in total. The molecular weight excluding hydrogens is 406 g/mol. The van der Waals surface area contributed by atoms with Gasteiger partial charge in [-0.3, -0.25) is 14.9 Å². The summed E-state index contributed by atoms with van der Waals surface area (Å²) >= 11 is 0. The first-order chi connectivity index (χ1) is 15.5. The molecule has 32 heavy (non-hydrogen) atoms. The number of benzene rings is 3. The van der Waals surface area contributed by atoms with Crippen LogP contribution in [0.15, 0.2) is 78.9 Å². The average Bonchev–Trinajstić information content (AvgIpc) is 2.82. The zero-order valence-electron chi connectivity index (χ0n) is 17.2. The molecule has 0 atom stereocenters. The minimum Gasteiger partial charge on any atom is -0.497 e. The number of fused-ring (bicyclic) bond motifs is 1. The van der Waals surface area contributed by atoms with E-state index in [9.17, 15) is 14.9 Å². The standard InChI is InChI=1S/C25H19N3O4/c1-32-22-14-10-19(11-15-22)25(29)27-21-6-2-4-17(16-21)8-12-20-13-9-18-5-3-7-23(28(30)31)24(18)26-20/h2-16H,1H3,(H,27,29)/b12-8+. The summed E-state index contributed by atoms with van der Waals surface area (Å²) in [5.41, 5.74) is 2.94. The van der Waals surface area contributed by atoms with E-state index in [4.69, 9.17) is 4.74 Å². The maximum Gasteiger partial charge on any atom is 0.295 e. The Morgan fingerprint density at radius 2 is 1.78 bits per heavy atom. The van der Waals surface area contributed by atoms with Crippen molar-refractivity contribution < 1.29 is 14.5 Å². The number of hydrogen-bond acceptors (Lipinski definition) is 5. The number of methoxy groups -OCH3 is 1. The summed E-state index contributed by atoms with van der Waals surface area (Å²) in [6.07, 6.45) is 3.62. The average molecular weight is 425 g/mol. The van der Waals surface area contributed by atoms with Crippen molar-refractivity contribution in [3.05, 3.63) is 106 Å². The molecule has 0 unspecified atom stereocenters. The van der Waals surface area contributed by atoms with Crippen molar-refractivity contribution in [3.8, 4) is 5.75 Å². The van der Waals surface area contributed by atoms with Crippen LogP contribution in [0, 0.1) is 10.1 Å². The molecule has 0 aliphatic carbocycles. The highest BCUT2D eigenvalue weighted by molar-refractivity contribution is 6.04. The molecule has 1 heterocycles. The molecule has 3 aromatic carbocycles. The van der Waals surface area contributed by atoms with E-state index < -0.39 is 4.92 Å². The maximum absolute atomic E-state index is 12.5. The lowest BCUT2D eigenvalue weighted by Crippen LogP contribution is -2.11. The zero-order chi connectivity index (χ0) is 22.5. The zero-order valence-corrected chi connectivity index (χ0v) is 17.2. The smallest absolute Gasteiger partial charge is 0.295 e. The van der Waals surface area contributed by atoms with Crippen LogP contribution < -0.4 is 10.1 Å². The number of para-hydroxylation sites is 1. The van der Waals surface area contributed by atoms with E-state index >= 15 is 0 Å². The van der Waals surface area contributed by atoms with E-state index in [0.717, 1.165) is 5.56 Å². The number of carbonyl (C=O) groups excluding carboxylic acids is 1. The number of hydrogen-bond donors (Lipinski definition) is 1. The number of anilines is 1. The summed E-state index contributed by atoms with van der Waals surface area (Å²) in [5.74, 6) is 0.457. The monoisotopic (exact) mass is 425 g/mol. The molecule has 4 aromatic rings. The number of non-ortho nitro benzene ring substituents is 1. The van der Waals surface area contributed by atoms with Crippen molar-refractivity contribution in [1.29, 1.82) is 0 Å². The second kappa shape index (κ2) is 9.09. The molecule has 7 heteroatoms. The molecule has 0 spiro atoms. The molecule has 4 rings (SSSR count). The number of pyridine rings is 1. The first kappa shape index (κ1) is 20.7. The Kier molecular flexibility index (Phi) is 5.89. The Bertz CT molecular complexity index is 1330. The van der Waals surface area contributed by atoms with Gasteiger partial charge in [0, 0.05) is 22.7 Å². The van der Waals surface area contributed by atoms with Gasteiger partial charge in [-0.2, -0.15) is 0 Å². The van der Waals surface area contributed by atoms with Gasteiger partial charge >= 0.3 is 0 Å². The van der Waals surface area contributed by atoms with E-state index in [-0.39, 0.29) is 11.6 Å². The van der Waals surface area contributed by atoms with E-state index in [1.165, 1.54) is 6.07 Å². The third-order valence-electron chi connectivity index (χ3n) is 4.86. The van der Waals surface area contributed by atoms with Gasteiger partial charge in [-0.1, -0.05) is 36.4 Å². The van der Waals surface area contributed by atoms with Crippen LogP contribution in [0.1, 0.15) is 21.6 Å². The molecular formula is C25H19N3O4. The molecule has 0 aliphatic rings. The number of carbonyl (C=O) groups is 1. The molecule has 0 saturated carbocycles. The fourth-order valence-electron chi connectivity index (χ4n) is 3.23. The highest BCUT2D eigenvalue weighted by Crippen LogP contribution is 2.24. The van der Waals surface area contributed by atoms with Crippen LogP contribution in [0.2, 0.25) is 0 Å². The Morgan fingerprint density at radius 1 is 1.00 bits per heavy atom. The fourth-order valence-corrected chi connectivity index (χ4v) is 3.23. The second-order valence-electron chi connectivity index (χ2n) is 6.98. The Hall–Kier alpha value is -4.52. The molecule has 1 amide bonds. The lowest BCUT2D eigenvalue weighted by atomic mass is 10.1. The van der Waals surface area contributed by atoms with Crippen molar-refractivity contribution in [2.24, 2.45) is 0 Å².